The molecule has 0 spiro atoms. The lowest BCUT2D eigenvalue weighted by molar-refractivity contribution is -0.121. The van der Waals surface area contributed by atoms with E-state index in [4.69, 9.17) is 11.8 Å². The summed E-state index contributed by atoms with van der Waals surface area (Å²) in [6.45, 7) is 16.7. The fourth-order valence-corrected chi connectivity index (χ4v) is 1.20. The standard InChI is InChI=1S/C13H18ClNO.C3H6/c1-5-6-7-12(4)8-9-13(16)15(14)10-11(2)3;1-3-2/h5,7-9H,1-2,6,10H2,3-4H3;3H,1H2,2H3/b9-8+,12-7?;. The highest BCUT2D eigenvalue weighted by atomic mass is 35.5. The van der Waals surface area contributed by atoms with Gasteiger partial charge in [0.05, 0.1) is 6.54 Å². The number of carbonyl (C=O) groups excluding carboxylic acids is 1. The van der Waals surface area contributed by atoms with E-state index in [1.54, 1.807) is 18.2 Å². The summed E-state index contributed by atoms with van der Waals surface area (Å²) in [4.78, 5) is 11.5. The lowest BCUT2D eigenvalue weighted by Gasteiger charge is -2.10. The van der Waals surface area contributed by atoms with Crippen molar-refractivity contribution in [1.82, 2.24) is 4.42 Å². The fraction of sp³-hybridized carbons (Fsp3) is 0.312. The predicted octanol–water partition coefficient (Wildman–Crippen LogP) is 4.82. The summed E-state index contributed by atoms with van der Waals surface area (Å²) < 4.78 is 1.11. The molecule has 0 fully saturated rings. The molecule has 0 heterocycles. The average Bonchev–Trinajstić information content (AvgIpc) is 2.33. The number of hydrogen-bond acceptors (Lipinski definition) is 1. The predicted molar refractivity (Wildman–Crippen MR) is 86.0 cm³/mol. The molecule has 1 amide bonds. The Morgan fingerprint density at radius 3 is 2.21 bits per heavy atom. The van der Waals surface area contributed by atoms with Crippen LogP contribution in [0.1, 0.15) is 27.2 Å². The number of nitrogens with zero attached hydrogens (tertiary/aromatic N) is 1. The maximum atomic E-state index is 11.5. The third-order valence-electron chi connectivity index (χ3n) is 1.74. The molecule has 0 aliphatic heterocycles. The molecule has 0 N–H and O–H groups in total. The zero-order chi connectivity index (χ0) is 15.3. The summed E-state index contributed by atoms with van der Waals surface area (Å²) in [7, 11) is 0. The van der Waals surface area contributed by atoms with Crippen LogP contribution in [0.5, 0.6) is 0 Å². The first-order valence-corrected chi connectivity index (χ1v) is 6.37. The third-order valence-corrected chi connectivity index (χ3v) is 2.03. The van der Waals surface area contributed by atoms with Gasteiger partial charge in [0.1, 0.15) is 0 Å². The van der Waals surface area contributed by atoms with Crippen molar-refractivity contribution in [2.24, 2.45) is 0 Å². The van der Waals surface area contributed by atoms with Crippen LogP contribution in [0.3, 0.4) is 0 Å². The largest absolute Gasteiger partial charge is 0.268 e. The van der Waals surface area contributed by atoms with Crippen molar-refractivity contribution in [2.75, 3.05) is 6.54 Å². The zero-order valence-corrected chi connectivity index (χ0v) is 12.9. The Morgan fingerprint density at radius 2 is 1.79 bits per heavy atom. The number of rotatable bonds is 6. The molecule has 0 bridgehead atoms. The number of hydrogen-bond donors (Lipinski definition) is 0. The molecule has 0 aromatic heterocycles. The molecule has 0 aromatic carbocycles. The zero-order valence-electron chi connectivity index (χ0n) is 12.2. The van der Waals surface area contributed by atoms with Gasteiger partial charge in [0.2, 0.25) is 0 Å². The fourth-order valence-electron chi connectivity index (χ4n) is 0.936. The minimum atomic E-state index is -0.240. The van der Waals surface area contributed by atoms with E-state index in [1.807, 2.05) is 26.8 Å². The van der Waals surface area contributed by atoms with Gasteiger partial charge < -0.3 is 0 Å². The van der Waals surface area contributed by atoms with Crippen LogP contribution in [0.25, 0.3) is 0 Å². The Kier molecular flexibility index (Phi) is 13.4. The van der Waals surface area contributed by atoms with Crippen LogP contribution in [-0.2, 0) is 4.79 Å². The minimum absolute atomic E-state index is 0.240. The van der Waals surface area contributed by atoms with Gasteiger partial charge in [0.15, 0.2) is 0 Å². The average molecular weight is 282 g/mol. The Labute approximate surface area is 122 Å². The minimum Gasteiger partial charge on any atom is -0.268 e. The van der Waals surface area contributed by atoms with Crippen molar-refractivity contribution in [3.8, 4) is 0 Å². The van der Waals surface area contributed by atoms with E-state index in [-0.39, 0.29) is 5.91 Å². The molecule has 0 saturated heterocycles. The van der Waals surface area contributed by atoms with Crippen molar-refractivity contribution in [2.45, 2.75) is 27.2 Å². The molecular formula is C16H24ClNO. The van der Waals surface area contributed by atoms with Crippen LogP contribution in [0.15, 0.2) is 61.3 Å². The molecule has 0 aromatic rings. The van der Waals surface area contributed by atoms with E-state index in [1.165, 1.54) is 6.08 Å². The first-order valence-electron chi connectivity index (χ1n) is 6.03. The van der Waals surface area contributed by atoms with Crippen molar-refractivity contribution in [1.29, 1.82) is 0 Å². The maximum absolute atomic E-state index is 11.5. The van der Waals surface area contributed by atoms with Crippen LogP contribution < -0.4 is 0 Å². The van der Waals surface area contributed by atoms with Crippen molar-refractivity contribution in [3.63, 3.8) is 0 Å². The van der Waals surface area contributed by atoms with Crippen LogP contribution in [0, 0.1) is 0 Å². The first-order chi connectivity index (χ1) is 8.88. The summed E-state index contributed by atoms with van der Waals surface area (Å²) in [6, 6.07) is 0. The van der Waals surface area contributed by atoms with E-state index in [2.05, 4.69) is 19.7 Å². The lowest BCUT2D eigenvalue weighted by atomic mass is 10.2. The van der Waals surface area contributed by atoms with Crippen molar-refractivity contribution < 1.29 is 4.79 Å². The molecule has 106 valence electrons. The summed E-state index contributed by atoms with van der Waals surface area (Å²) >= 11 is 5.75. The van der Waals surface area contributed by atoms with Gasteiger partial charge in [-0.15, -0.1) is 13.2 Å². The second-order valence-corrected chi connectivity index (χ2v) is 4.44. The summed E-state index contributed by atoms with van der Waals surface area (Å²) in [5, 5.41) is 0. The molecule has 0 saturated carbocycles. The van der Waals surface area contributed by atoms with Gasteiger partial charge in [-0.1, -0.05) is 42.0 Å². The molecule has 19 heavy (non-hydrogen) atoms. The van der Waals surface area contributed by atoms with Crippen LogP contribution in [-0.4, -0.2) is 16.9 Å². The summed E-state index contributed by atoms with van der Waals surface area (Å²) in [5.41, 5.74) is 1.85. The summed E-state index contributed by atoms with van der Waals surface area (Å²) in [6.07, 6.45) is 9.51. The quantitative estimate of drug-likeness (QED) is 0.296. The molecule has 0 unspecified atom stereocenters. The molecule has 3 heteroatoms. The molecule has 2 nitrogen and oxygen atoms in total. The molecule has 0 aliphatic rings. The Bertz CT molecular complexity index is 367. The molecule has 0 atom stereocenters. The Morgan fingerprint density at radius 1 is 1.26 bits per heavy atom. The normalized spacial score (nSPS) is 10.4. The van der Waals surface area contributed by atoms with Gasteiger partial charge in [-0.3, -0.25) is 4.79 Å². The number of allylic oxidation sites excluding steroid dienone is 5. The van der Waals surface area contributed by atoms with Crippen LogP contribution in [0.4, 0.5) is 0 Å². The number of amides is 1. The number of halogens is 1. The maximum Gasteiger partial charge on any atom is 0.261 e. The first kappa shape index (κ1) is 19.8. The SMILES string of the molecule is C=CC.C=CCC=C(C)/C=C/C(=O)N(Cl)CC(=C)C. The van der Waals surface area contributed by atoms with Gasteiger partial charge in [-0.2, -0.15) is 0 Å². The Balaban J connectivity index is 0. The monoisotopic (exact) mass is 281 g/mol. The van der Waals surface area contributed by atoms with E-state index in [9.17, 15) is 4.79 Å². The van der Waals surface area contributed by atoms with Crippen LogP contribution >= 0.6 is 11.8 Å². The van der Waals surface area contributed by atoms with E-state index in [0.717, 1.165) is 22.0 Å². The van der Waals surface area contributed by atoms with E-state index in [0.29, 0.717) is 6.54 Å². The van der Waals surface area contributed by atoms with Crippen molar-refractivity contribution >= 4 is 17.7 Å². The highest BCUT2D eigenvalue weighted by molar-refractivity contribution is 6.23. The smallest absolute Gasteiger partial charge is 0.261 e. The second-order valence-electron chi connectivity index (χ2n) is 4.03. The van der Waals surface area contributed by atoms with Gasteiger partial charge in [-0.05, 0) is 27.2 Å². The highest BCUT2D eigenvalue weighted by Gasteiger charge is 2.06. The molecule has 0 radical (unpaired) electrons. The van der Waals surface area contributed by atoms with Gasteiger partial charge in [0, 0.05) is 17.9 Å². The number of carbonyl (C=O) groups is 1. The lowest BCUT2D eigenvalue weighted by Crippen LogP contribution is -2.20. The van der Waals surface area contributed by atoms with Gasteiger partial charge in [0.25, 0.3) is 5.91 Å². The Hall–Kier alpha value is -1.54. The van der Waals surface area contributed by atoms with Crippen molar-refractivity contribution in [3.05, 3.63) is 61.3 Å². The molecule has 0 aliphatic carbocycles. The highest BCUT2D eigenvalue weighted by Crippen LogP contribution is 2.03. The van der Waals surface area contributed by atoms with E-state index < -0.39 is 0 Å². The molecular weight excluding hydrogens is 258 g/mol. The second kappa shape index (κ2) is 12.9. The molecule has 0 rings (SSSR count). The van der Waals surface area contributed by atoms with Gasteiger partial charge in [-0.25, -0.2) is 4.42 Å². The summed E-state index contributed by atoms with van der Waals surface area (Å²) in [5.74, 6) is -0.240. The third kappa shape index (κ3) is 14.4. The van der Waals surface area contributed by atoms with Crippen LogP contribution in [0.2, 0.25) is 0 Å². The van der Waals surface area contributed by atoms with Gasteiger partial charge >= 0.3 is 0 Å². The topological polar surface area (TPSA) is 20.3 Å². The van der Waals surface area contributed by atoms with E-state index >= 15 is 0 Å².